The summed E-state index contributed by atoms with van der Waals surface area (Å²) in [6.07, 6.45) is 0.130. The first-order valence-electron chi connectivity index (χ1n) is 8.93. The Balaban J connectivity index is 1.97. The minimum absolute atomic E-state index is 0.130. The number of nitrogens with one attached hydrogen (secondary N) is 1. The highest BCUT2D eigenvalue weighted by Gasteiger charge is 2.15. The number of carbonyl (C=O) groups excluding carboxylic acids is 3. The molecule has 7 nitrogen and oxygen atoms in total. The van der Waals surface area contributed by atoms with Crippen LogP contribution < -0.4 is 15.0 Å². The van der Waals surface area contributed by atoms with Gasteiger partial charge in [-0.25, -0.2) is 4.79 Å². The molecule has 0 heterocycles. The number of anilines is 2. The molecular weight excluding hydrogens is 360 g/mol. The largest absolute Gasteiger partial charge is 0.497 e. The first kappa shape index (κ1) is 21.0. The van der Waals surface area contributed by atoms with Crippen LogP contribution >= 0.6 is 0 Å². The molecule has 0 saturated carbocycles. The van der Waals surface area contributed by atoms with E-state index in [0.717, 1.165) is 0 Å². The lowest BCUT2D eigenvalue weighted by molar-refractivity contribution is -0.117. The van der Waals surface area contributed by atoms with Crippen LogP contribution in [0.25, 0.3) is 0 Å². The van der Waals surface area contributed by atoms with Gasteiger partial charge in [-0.05, 0) is 55.5 Å². The fraction of sp³-hybridized carbons (Fsp3) is 0.286. The summed E-state index contributed by atoms with van der Waals surface area (Å²) in [5.74, 6) is -0.116. The fourth-order valence-electron chi connectivity index (χ4n) is 2.57. The fourth-order valence-corrected chi connectivity index (χ4v) is 2.57. The van der Waals surface area contributed by atoms with Gasteiger partial charge in [0.1, 0.15) is 5.75 Å². The Morgan fingerprint density at radius 1 is 1.00 bits per heavy atom. The molecule has 2 aromatic rings. The van der Waals surface area contributed by atoms with E-state index in [1.807, 2.05) is 0 Å². The van der Waals surface area contributed by atoms with Crippen molar-refractivity contribution in [2.24, 2.45) is 0 Å². The molecule has 2 aromatic carbocycles. The van der Waals surface area contributed by atoms with Gasteiger partial charge in [-0.3, -0.25) is 9.59 Å². The average Bonchev–Trinajstić information content (AvgIpc) is 2.69. The molecule has 0 aliphatic rings. The zero-order chi connectivity index (χ0) is 20.5. The third kappa shape index (κ3) is 5.84. The molecule has 0 saturated heterocycles. The standard InChI is InChI=1S/C21H24N2O5/c1-4-28-21(26)16-5-9-18(10-6-16)23(15(2)24)14-13-20(25)22-17-7-11-19(27-3)12-8-17/h5-12H,4,13-14H2,1-3H3,(H,22,25). The summed E-state index contributed by atoms with van der Waals surface area (Å²) in [7, 11) is 1.57. The van der Waals surface area contributed by atoms with Gasteiger partial charge in [-0.15, -0.1) is 0 Å². The third-order valence-corrected chi connectivity index (χ3v) is 4.01. The lowest BCUT2D eigenvalue weighted by atomic mass is 10.2. The summed E-state index contributed by atoms with van der Waals surface area (Å²) in [6.45, 7) is 3.68. The van der Waals surface area contributed by atoms with Crippen molar-refractivity contribution < 1.29 is 23.9 Å². The first-order valence-corrected chi connectivity index (χ1v) is 8.93. The van der Waals surface area contributed by atoms with Crippen molar-refractivity contribution in [2.45, 2.75) is 20.3 Å². The number of hydrogen-bond donors (Lipinski definition) is 1. The highest BCUT2D eigenvalue weighted by atomic mass is 16.5. The van der Waals surface area contributed by atoms with Gasteiger partial charge in [0.15, 0.2) is 0 Å². The minimum atomic E-state index is -0.415. The molecule has 1 N–H and O–H groups in total. The highest BCUT2D eigenvalue weighted by molar-refractivity contribution is 5.95. The normalized spacial score (nSPS) is 10.1. The third-order valence-electron chi connectivity index (χ3n) is 4.01. The summed E-state index contributed by atoms with van der Waals surface area (Å²) < 4.78 is 10.0. The van der Waals surface area contributed by atoms with Gasteiger partial charge >= 0.3 is 5.97 Å². The summed E-state index contributed by atoms with van der Waals surface area (Å²) in [6, 6.07) is 13.5. The zero-order valence-electron chi connectivity index (χ0n) is 16.2. The molecule has 0 aromatic heterocycles. The Morgan fingerprint density at radius 2 is 1.64 bits per heavy atom. The zero-order valence-corrected chi connectivity index (χ0v) is 16.2. The molecule has 28 heavy (non-hydrogen) atoms. The molecule has 0 bridgehead atoms. The van der Waals surface area contributed by atoms with Crippen LogP contribution in [0.2, 0.25) is 0 Å². The van der Waals surface area contributed by atoms with Crippen LogP contribution in [0, 0.1) is 0 Å². The number of hydrogen-bond acceptors (Lipinski definition) is 5. The van der Waals surface area contributed by atoms with Gasteiger partial charge in [-0.2, -0.15) is 0 Å². The van der Waals surface area contributed by atoms with Crippen molar-refractivity contribution in [3.8, 4) is 5.75 Å². The lowest BCUT2D eigenvalue weighted by Crippen LogP contribution is -2.32. The Hall–Kier alpha value is -3.35. The van der Waals surface area contributed by atoms with Crippen molar-refractivity contribution in [3.05, 3.63) is 54.1 Å². The van der Waals surface area contributed by atoms with Gasteiger partial charge < -0.3 is 19.7 Å². The minimum Gasteiger partial charge on any atom is -0.497 e. The first-order chi connectivity index (χ1) is 13.4. The number of nitrogens with zero attached hydrogens (tertiary/aromatic N) is 1. The molecule has 0 fully saturated rings. The van der Waals surface area contributed by atoms with Crippen LogP contribution in [-0.2, 0) is 14.3 Å². The van der Waals surface area contributed by atoms with Crippen molar-refractivity contribution >= 4 is 29.2 Å². The SMILES string of the molecule is CCOC(=O)c1ccc(N(CCC(=O)Nc2ccc(OC)cc2)C(C)=O)cc1. The summed E-state index contributed by atoms with van der Waals surface area (Å²) in [5, 5.41) is 2.78. The van der Waals surface area contributed by atoms with Crippen molar-refractivity contribution in [1.29, 1.82) is 0 Å². The smallest absolute Gasteiger partial charge is 0.338 e. The second-order valence-electron chi connectivity index (χ2n) is 5.96. The Labute approximate surface area is 164 Å². The molecular formula is C21H24N2O5. The summed E-state index contributed by atoms with van der Waals surface area (Å²) >= 11 is 0. The van der Waals surface area contributed by atoms with E-state index in [4.69, 9.17) is 9.47 Å². The van der Waals surface area contributed by atoms with E-state index in [-0.39, 0.29) is 24.8 Å². The number of amides is 2. The molecule has 0 radical (unpaired) electrons. The average molecular weight is 384 g/mol. The highest BCUT2D eigenvalue weighted by Crippen LogP contribution is 2.18. The van der Waals surface area contributed by atoms with Crippen molar-refractivity contribution in [3.63, 3.8) is 0 Å². The second kappa shape index (κ2) is 10.1. The number of methoxy groups -OCH3 is 1. The van der Waals surface area contributed by atoms with Gasteiger partial charge in [0.05, 0.1) is 19.3 Å². The van der Waals surface area contributed by atoms with Gasteiger partial charge in [0.2, 0.25) is 11.8 Å². The number of rotatable bonds is 8. The van der Waals surface area contributed by atoms with E-state index >= 15 is 0 Å². The van der Waals surface area contributed by atoms with Crippen LogP contribution in [0.5, 0.6) is 5.75 Å². The Bertz CT molecular complexity index is 816. The van der Waals surface area contributed by atoms with E-state index in [1.165, 1.54) is 11.8 Å². The van der Waals surface area contributed by atoms with Crippen molar-refractivity contribution in [2.75, 3.05) is 30.5 Å². The Morgan fingerprint density at radius 3 is 2.18 bits per heavy atom. The summed E-state index contributed by atoms with van der Waals surface area (Å²) in [4.78, 5) is 37.4. The second-order valence-corrected chi connectivity index (χ2v) is 5.96. The lowest BCUT2D eigenvalue weighted by Gasteiger charge is -2.21. The molecule has 148 valence electrons. The van der Waals surface area contributed by atoms with Crippen molar-refractivity contribution in [1.82, 2.24) is 0 Å². The molecule has 0 aliphatic carbocycles. The van der Waals surface area contributed by atoms with E-state index in [0.29, 0.717) is 29.3 Å². The van der Waals surface area contributed by atoms with Gasteiger partial charge in [-0.1, -0.05) is 0 Å². The molecule has 2 amide bonds. The molecule has 0 atom stereocenters. The monoisotopic (exact) mass is 384 g/mol. The number of carbonyl (C=O) groups is 3. The van der Waals surface area contributed by atoms with Gasteiger partial charge in [0.25, 0.3) is 0 Å². The van der Waals surface area contributed by atoms with E-state index < -0.39 is 5.97 Å². The summed E-state index contributed by atoms with van der Waals surface area (Å²) in [5.41, 5.74) is 1.67. The maximum Gasteiger partial charge on any atom is 0.338 e. The molecule has 7 heteroatoms. The maximum atomic E-state index is 12.2. The molecule has 0 aliphatic heterocycles. The predicted octanol–water partition coefficient (Wildman–Crippen LogP) is 3.25. The maximum absolute atomic E-state index is 12.2. The molecule has 0 spiro atoms. The topological polar surface area (TPSA) is 84.9 Å². The van der Waals surface area contributed by atoms with E-state index in [2.05, 4.69) is 5.32 Å². The Kier molecular flexibility index (Phi) is 7.56. The van der Waals surface area contributed by atoms with Gasteiger partial charge in [0, 0.05) is 31.3 Å². The molecule has 2 rings (SSSR count). The van der Waals surface area contributed by atoms with Crippen LogP contribution in [0.1, 0.15) is 30.6 Å². The number of benzene rings is 2. The van der Waals surface area contributed by atoms with Crippen LogP contribution in [-0.4, -0.2) is 38.0 Å². The van der Waals surface area contributed by atoms with Crippen LogP contribution in [0.15, 0.2) is 48.5 Å². The number of esters is 1. The molecule has 0 unspecified atom stereocenters. The van der Waals surface area contributed by atoms with Crippen LogP contribution in [0.3, 0.4) is 0 Å². The van der Waals surface area contributed by atoms with Crippen LogP contribution in [0.4, 0.5) is 11.4 Å². The quantitative estimate of drug-likeness (QED) is 0.706. The van der Waals surface area contributed by atoms with E-state index in [1.54, 1.807) is 62.6 Å². The van der Waals surface area contributed by atoms with E-state index in [9.17, 15) is 14.4 Å². The predicted molar refractivity (Wildman–Crippen MR) is 107 cm³/mol. The number of ether oxygens (including phenoxy) is 2.